The number of allylic oxidation sites excluding steroid dienone is 12. The second-order valence-corrected chi connectivity index (χ2v) is 20.7. The number of cyclic esters (lactones) is 1. The molecule has 73 heavy (non-hydrogen) atoms. The molecule has 2 bridgehead atoms. The molecule has 0 aromatic heterocycles. The van der Waals surface area contributed by atoms with E-state index in [-0.39, 0.29) is 63.0 Å². The topological polar surface area (TPSA) is 341 Å². The Balaban J connectivity index is 1.58. The quantitative estimate of drug-likeness (QED) is 0.160. The molecule has 4 aliphatic heterocycles. The van der Waals surface area contributed by atoms with E-state index in [1.54, 1.807) is 61.6 Å². The predicted molar refractivity (Wildman–Crippen MR) is 268 cm³/mol. The summed E-state index contributed by atoms with van der Waals surface area (Å²) in [5.74, 6) is -5.79. The third-order valence-corrected chi connectivity index (χ3v) is 13.5. The number of ether oxygens (including phenoxy) is 4. The highest BCUT2D eigenvalue weighted by Gasteiger charge is 2.51. The lowest BCUT2D eigenvalue weighted by atomic mass is 9.82. The molecule has 412 valence electrons. The van der Waals surface area contributed by atoms with Crippen LogP contribution >= 0.6 is 0 Å². The molecular weight excluding hydrogens is 951 g/mol. The van der Waals surface area contributed by atoms with E-state index in [2.05, 4.69) is 10.6 Å². The minimum absolute atomic E-state index is 0.0736. The number of carbonyl (C=O) groups is 3. The molecule has 0 saturated carbocycles. The average molecular weight is 1030 g/mol. The van der Waals surface area contributed by atoms with Crippen LogP contribution in [0.2, 0.25) is 0 Å². The predicted octanol–water partition coefficient (Wildman–Crippen LogP) is 0.414. The van der Waals surface area contributed by atoms with E-state index < -0.39 is 140 Å². The van der Waals surface area contributed by atoms with Crippen LogP contribution < -0.4 is 16.4 Å². The second kappa shape index (κ2) is 29.9. The molecule has 2 amide bonds. The molecule has 4 aliphatic rings. The summed E-state index contributed by atoms with van der Waals surface area (Å²) < 4.78 is 23.4. The first kappa shape index (κ1) is 61.6. The van der Waals surface area contributed by atoms with Gasteiger partial charge in [-0.2, -0.15) is 0 Å². The molecule has 3 saturated heterocycles. The van der Waals surface area contributed by atoms with Crippen molar-refractivity contribution in [2.75, 3.05) is 13.2 Å². The Morgan fingerprint density at radius 3 is 1.96 bits per heavy atom. The fraction of sp³-hybridized carbons (Fsp3) is 0.679. The molecule has 4 rings (SSSR count). The van der Waals surface area contributed by atoms with Crippen molar-refractivity contribution >= 4 is 17.8 Å². The van der Waals surface area contributed by atoms with Crippen molar-refractivity contribution in [3.05, 3.63) is 85.1 Å². The summed E-state index contributed by atoms with van der Waals surface area (Å²) in [5, 5.41) is 115. The Kier molecular flexibility index (Phi) is 25.3. The van der Waals surface area contributed by atoms with Crippen LogP contribution in [0.5, 0.6) is 0 Å². The van der Waals surface area contributed by atoms with Crippen molar-refractivity contribution in [2.24, 2.45) is 23.5 Å². The van der Waals surface area contributed by atoms with Crippen LogP contribution in [0.1, 0.15) is 98.3 Å². The lowest BCUT2D eigenvalue weighted by Crippen LogP contribution is -2.59. The number of hydrogen-bond acceptors (Lipinski definition) is 18. The maximum Gasteiger partial charge on any atom is 0.308 e. The number of nitrogens with two attached hydrogens (primary N) is 1. The molecule has 20 heteroatoms. The molecule has 4 heterocycles. The summed E-state index contributed by atoms with van der Waals surface area (Å²) in [4.78, 5) is 39.2. The first-order valence-corrected chi connectivity index (χ1v) is 25.5. The number of hydrogen-bond donors (Lipinski definition) is 13. The first-order valence-electron chi connectivity index (χ1n) is 25.5. The van der Waals surface area contributed by atoms with Crippen LogP contribution in [0, 0.1) is 17.8 Å². The number of fused-ring (bicyclic) bond motifs is 2. The van der Waals surface area contributed by atoms with Crippen molar-refractivity contribution in [3.8, 4) is 0 Å². The smallest absolute Gasteiger partial charge is 0.308 e. The largest absolute Gasteiger partial charge is 0.462 e. The fourth-order valence-corrected chi connectivity index (χ4v) is 9.43. The van der Waals surface area contributed by atoms with Gasteiger partial charge in [-0.1, -0.05) is 92.0 Å². The van der Waals surface area contributed by atoms with E-state index in [0.717, 1.165) is 0 Å². The van der Waals surface area contributed by atoms with Crippen LogP contribution in [0.15, 0.2) is 85.1 Å². The van der Waals surface area contributed by atoms with Crippen LogP contribution in [-0.2, 0) is 33.3 Å². The van der Waals surface area contributed by atoms with Gasteiger partial charge < -0.3 is 86.4 Å². The molecule has 20 nitrogen and oxygen atoms in total. The molecule has 0 aromatic rings. The van der Waals surface area contributed by atoms with Crippen molar-refractivity contribution in [1.82, 2.24) is 10.6 Å². The van der Waals surface area contributed by atoms with Gasteiger partial charge in [0.25, 0.3) is 0 Å². The van der Waals surface area contributed by atoms with Gasteiger partial charge in [0.15, 0.2) is 12.1 Å². The van der Waals surface area contributed by atoms with Crippen molar-refractivity contribution in [1.29, 1.82) is 0 Å². The van der Waals surface area contributed by atoms with E-state index in [9.17, 15) is 65.4 Å². The minimum Gasteiger partial charge on any atom is -0.462 e. The number of amides is 2. The van der Waals surface area contributed by atoms with Crippen molar-refractivity contribution in [3.63, 3.8) is 0 Å². The molecule has 14 N–H and O–H groups in total. The molecule has 0 aliphatic carbocycles. The lowest BCUT2D eigenvalue weighted by Gasteiger charge is -2.45. The van der Waals surface area contributed by atoms with Crippen molar-refractivity contribution in [2.45, 2.75) is 195 Å². The number of nitrogens with one attached hydrogen (secondary N) is 2. The molecule has 0 radical (unpaired) electrons. The fourth-order valence-electron chi connectivity index (χ4n) is 9.43. The average Bonchev–Trinajstić information content (AvgIpc) is 3.56. The van der Waals surface area contributed by atoms with Gasteiger partial charge in [-0.05, 0) is 52.9 Å². The SMILES string of the molecule is C[C@H]1C[C@H](O)[C@@H](C)/C=C/C=C/C=C/C=C/C=C/C=C/C=C/C(O[C@@H]2OC[C@@H](O)[C@H](N)[C@@H]2O)C[C@@H]2OC(O)(CC(O)CC(O)C(O)CCC(O)CC(O)CC(=O)O1)C[C@H](O)[C@H]2C(=O)NCCC1CC(C)(C)NC1=O. The third-order valence-electron chi connectivity index (χ3n) is 13.5. The van der Waals surface area contributed by atoms with Gasteiger partial charge in [-0.25, -0.2) is 0 Å². The highest BCUT2D eigenvalue weighted by molar-refractivity contribution is 5.82. The van der Waals surface area contributed by atoms with Gasteiger partial charge in [0, 0.05) is 56.0 Å². The molecule has 0 aromatic carbocycles. The van der Waals surface area contributed by atoms with E-state index >= 15 is 0 Å². The number of aliphatic hydroxyl groups is 10. The van der Waals surface area contributed by atoms with Crippen LogP contribution in [0.4, 0.5) is 0 Å². The van der Waals surface area contributed by atoms with Crippen LogP contribution in [0.3, 0.4) is 0 Å². The number of carbonyl (C=O) groups excluding carboxylic acids is 3. The lowest BCUT2D eigenvalue weighted by molar-refractivity contribution is -0.304. The minimum atomic E-state index is -2.31. The van der Waals surface area contributed by atoms with Crippen LogP contribution in [0.25, 0.3) is 0 Å². The standard InChI is InChI=1S/C53H83N3O17/c1-32-17-15-13-11-9-7-5-6-8-10-12-14-16-18-38(72-51-48(66)47(54)43(64)31-70-51)27-44-46(50(68)55-22-21-34-28-52(3,4)56-49(34)67)42(63)30-53(69,73-44)29-37(59)25-41(62)39(60)20-19-35(57)24-36(58)26-45(65)71-33(2)23-40(32)61/h5-18,32-44,46-48,51,57-64,66,69H,19-31,54H2,1-4H3,(H,55,68)(H,56,67)/b6-5+,9-7+,10-8+,13-11+,14-12+,17-15+,18-16+/t32-,33-,34?,35?,36?,37?,38?,39?,40-,41?,42-,43+,44-,46+,47-,48-,51-,53?/m0/s1. The number of esters is 1. The zero-order valence-electron chi connectivity index (χ0n) is 42.5. The summed E-state index contributed by atoms with van der Waals surface area (Å²) in [6, 6.07) is -1.13. The normalized spacial score (nSPS) is 42.5. The van der Waals surface area contributed by atoms with Crippen molar-refractivity contribution < 1.29 is 84.4 Å². The zero-order chi connectivity index (χ0) is 53.9. The second-order valence-electron chi connectivity index (χ2n) is 20.7. The molecular formula is C53H83N3O17. The van der Waals surface area contributed by atoms with E-state index in [4.69, 9.17) is 24.7 Å². The summed E-state index contributed by atoms with van der Waals surface area (Å²) in [6.07, 6.45) is 6.14. The molecule has 3 fully saturated rings. The van der Waals surface area contributed by atoms with Crippen LogP contribution in [-0.4, -0.2) is 179 Å². The Bertz CT molecular complexity index is 1940. The molecule has 0 spiro atoms. The summed E-state index contributed by atoms with van der Waals surface area (Å²) in [6.45, 7) is 7.06. The van der Waals surface area contributed by atoms with E-state index in [1.807, 2.05) is 51.2 Å². The summed E-state index contributed by atoms with van der Waals surface area (Å²) in [7, 11) is 0. The van der Waals surface area contributed by atoms with Gasteiger partial charge >= 0.3 is 5.97 Å². The third kappa shape index (κ3) is 21.3. The maximum atomic E-state index is 14.0. The maximum absolute atomic E-state index is 14.0. The zero-order valence-corrected chi connectivity index (χ0v) is 42.5. The Hall–Kier alpha value is -3.97. The molecule has 8 unspecified atom stereocenters. The Labute approximate surface area is 428 Å². The van der Waals surface area contributed by atoms with E-state index in [1.165, 1.54) is 0 Å². The number of rotatable bonds is 6. The summed E-state index contributed by atoms with van der Waals surface area (Å²) in [5.41, 5.74) is 5.63. The first-order chi connectivity index (χ1) is 34.5. The van der Waals surface area contributed by atoms with Gasteiger partial charge in [0.05, 0.1) is 86.0 Å². The molecule has 18 atom stereocenters. The van der Waals surface area contributed by atoms with E-state index in [0.29, 0.717) is 12.8 Å². The van der Waals surface area contributed by atoms with Gasteiger partial charge in [0.1, 0.15) is 12.2 Å². The summed E-state index contributed by atoms with van der Waals surface area (Å²) >= 11 is 0. The Morgan fingerprint density at radius 1 is 0.726 bits per heavy atom. The Morgan fingerprint density at radius 2 is 1.34 bits per heavy atom. The van der Waals surface area contributed by atoms with Gasteiger partial charge in [-0.3, -0.25) is 14.4 Å². The highest BCUT2D eigenvalue weighted by Crippen LogP contribution is 2.38. The van der Waals surface area contributed by atoms with Gasteiger partial charge in [0.2, 0.25) is 11.8 Å². The monoisotopic (exact) mass is 1030 g/mol. The van der Waals surface area contributed by atoms with Gasteiger partial charge in [-0.15, -0.1) is 0 Å². The highest BCUT2D eigenvalue weighted by atomic mass is 16.7. The number of aliphatic hydroxyl groups excluding tert-OH is 9.